The molecule has 0 aliphatic carbocycles. The van der Waals surface area contributed by atoms with Gasteiger partial charge < -0.3 is 25.2 Å². The van der Waals surface area contributed by atoms with Crippen molar-refractivity contribution in [3.63, 3.8) is 0 Å². The Balaban J connectivity index is 1.78. The number of carbonyl (C=O) groups excluding carboxylic acids is 1. The van der Waals surface area contributed by atoms with E-state index in [1.807, 2.05) is 6.92 Å². The van der Waals surface area contributed by atoms with Crippen LogP contribution in [0.15, 0.2) is 0 Å². The van der Waals surface area contributed by atoms with Gasteiger partial charge in [-0.1, -0.05) is 6.92 Å². The molecule has 3 N–H and O–H groups in total. The van der Waals surface area contributed by atoms with E-state index in [0.717, 1.165) is 25.8 Å². The summed E-state index contributed by atoms with van der Waals surface area (Å²) in [5.41, 5.74) is 0. The van der Waals surface area contributed by atoms with Crippen LogP contribution in [0, 0.1) is 0 Å². The Bertz CT molecular complexity index is 356. The van der Waals surface area contributed by atoms with Gasteiger partial charge in [-0.2, -0.15) is 0 Å². The third-order valence-electron chi connectivity index (χ3n) is 4.41. The fourth-order valence-electron chi connectivity index (χ4n) is 3.18. The van der Waals surface area contributed by atoms with E-state index < -0.39 is 6.10 Å². The molecule has 0 aromatic heterocycles. The van der Waals surface area contributed by atoms with Crippen LogP contribution in [0.25, 0.3) is 0 Å². The van der Waals surface area contributed by atoms with E-state index in [0.29, 0.717) is 32.3 Å². The van der Waals surface area contributed by atoms with Crippen molar-refractivity contribution in [1.82, 2.24) is 15.5 Å². The standard InChI is InChI=1S/C15H29N3O4/c1-3-6-16-15(20)17-12-10-22-13(14(12)19)8-18-7-4-5-11(18)9-21-2/h11-14,19H,3-10H2,1-2H3,(H2,16,17,20). The lowest BCUT2D eigenvalue weighted by molar-refractivity contribution is 0.00470. The number of urea groups is 1. The highest BCUT2D eigenvalue weighted by Gasteiger charge is 2.39. The van der Waals surface area contributed by atoms with Gasteiger partial charge in [0.15, 0.2) is 0 Å². The van der Waals surface area contributed by atoms with Gasteiger partial charge in [0, 0.05) is 26.2 Å². The zero-order valence-electron chi connectivity index (χ0n) is 13.6. The van der Waals surface area contributed by atoms with Crippen molar-refractivity contribution in [2.75, 3.05) is 40.0 Å². The second-order valence-electron chi connectivity index (χ2n) is 6.12. The topological polar surface area (TPSA) is 83.1 Å². The number of hydrogen-bond acceptors (Lipinski definition) is 5. The number of amides is 2. The van der Waals surface area contributed by atoms with Gasteiger partial charge in [-0.3, -0.25) is 4.90 Å². The van der Waals surface area contributed by atoms with Gasteiger partial charge in [-0.05, 0) is 25.8 Å². The van der Waals surface area contributed by atoms with E-state index >= 15 is 0 Å². The fraction of sp³-hybridized carbons (Fsp3) is 0.933. The molecule has 2 saturated heterocycles. The summed E-state index contributed by atoms with van der Waals surface area (Å²) in [4.78, 5) is 14.0. The molecule has 2 amide bonds. The van der Waals surface area contributed by atoms with Gasteiger partial charge in [0.25, 0.3) is 0 Å². The predicted octanol–water partition coefficient (Wildman–Crippen LogP) is -0.0653. The van der Waals surface area contributed by atoms with Crippen molar-refractivity contribution in [2.24, 2.45) is 0 Å². The molecule has 0 aromatic carbocycles. The summed E-state index contributed by atoms with van der Waals surface area (Å²) >= 11 is 0. The molecule has 2 fully saturated rings. The molecule has 22 heavy (non-hydrogen) atoms. The van der Waals surface area contributed by atoms with Crippen LogP contribution < -0.4 is 10.6 Å². The molecule has 0 spiro atoms. The largest absolute Gasteiger partial charge is 0.388 e. The van der Waals surface area contributed by atoms with Crippen molar-refractivity contribution < 1.29 is 19.4 Å². The number of rotatable bonds is 7. The first-order valence-corrected chi connectivity index (χ1v) is 8.22. The van der Waals surface area contributed by atoms with Crippen LogP contribution in [0.2, 0.25) is 0 Å². The number of methoxy groups -OCH3 is 1. The Morgan fingerprint density at radius 1 is 1.50 bits per heavy atom. The van der Waals surface area contributed by atoms with Crippen LogP contribution in [0.5, 0.6) is 0 Å². The molecule has 0 bridgehead atoms. The number of likely N-dealkylation sites (tertiary alicyclic amines) is 1. The second-order valence-corrected chi connectivity index (χ2v) is 6.12. The zero-order chi connectivity index (χ0) is 15.9. The summed E-state index contributed by atoms with van der Waals surface area (Å²) < 4.78 is 10.9. The monoisotopic (exact) mass is 315 g/mol. The van der Waals surface area contributed by atoms with E-state index in [4.69, 9.17) is 9.47 Å². The van der Waals surface area contributed by atoms with Gasteiger partial charge in [0.2, 0.25) is 0 Å². The number of nitrogens with one attached hydrogen (secondary N) is 2. The molecule has 2 heterocycles. The Kier molecular flexibility index (Phi) is 6.88. The number of aliphatic hydroxyl groups is 1. The minimum Gasteiger partial charge on any atom is -0.388 e. The number of nitrogens with zero attached hydrogens (tertiary/aromatic N) is 1. The molecule has 7 nitrogen and oxygen atoms in total. The molecule has 0 saturated carbocycles. The molecule has 2 aliphatic rings. The smallest absolute Gasteiger partial charge is 0.315 e. The molecular formula is C15H29N3O4. The normalized spacial score (nSPS) is 32.3. The summed E-state index contributed by atoms with van der Waals surface area (Å²) in [6.07, 6.45) is 2.23. The van der Waals surface area contributed by atoms with Crippen LogP contribution in [0.4, 0.5) is 4.79 Å². The fourth-order valence-corrected chi connectivity index (χ4v) is 3.18. The van der Waals surface area contributed by atoms with Gasteiger partial charge >= 0.3 is 6.03 Å². The zero-order valence-corrected chi connectivity index (χ0v) is 13.6. The number of carbonyl (C=O) groups is 1. The van der Waals surface area contributed by atoms with E-state index in [2.05, 4.69) is 15.5 Å². The van der Waals surface area contributed by atoms with E-state index in [9.17, 15) is 9.90 Å². The predicted molar refractivity (Wildman–Crippen MR) is 82.8 cm³/mol. The molecule has 0 radical (unpaired) electrons. The number of ether oxygens (including phenoxy) is 2. The maximum Gasteiger partial charge on any atom is 0.315 e. The third kappa shape index (κ3) is 4.55. The summed E-state index contributed by atoms with van der Waals surface area (Å²) in [5, 5.41) is 15.9. The Hall–Kier alpha value is -0.890. The molecule has 0 aromatic rings. The highest BCUT2D eigenvalue weighted by molar-refractivity contribution is 5.74. The van der Waals surface area contributed by atoms with Crippen molar-refractivity contribution in [2.45, 2.75) is 50.5 Å². The lowest BCUT2D eigenvalue weighted by Gasteiger charge is -2.28. The molecule has 128 valence electrons. The van der Waals surface area contributed by atoms with Crippen LogP contribution in [-0.4, -0.2) is 80.3 Å². The summed E-state index contributed by atoms with van der Waals surface area (Å²) in [5.74, 6) is 0. The molecule has 2 aliphatic heterocycles. The van der Waals surface area contributed by atoms with Crippen molar-refractivity contribution >= 4 is 6.03 Å². The van der Waals surface area contributed by atoms with Crippen LogP contribution >= 0.6 is 0 Å². The van der Waals surface area contributed by atoms with Crippen LogP contribution in [0.1, 0.15) is 26.2 Å². The van der Waals surface area contributed by atoms with Crippen molar-refractivity contribution in [1.29, 1.82) is 0 Å². The maximum atomic E-state index is 11.7. The van der Waals surface area contributed by atoms with Crippen molar-refractivity contribution in [3.8, 4) is 0 Å². The van der Waals surface area contributed by atoms with E-state index in [1.54, 1.807) is 7.11 Å². The molecule has 4 unspecified atom stereocenters. The number of aliphatic hydroxyl groups excluding tert-OH is 1. The Labute approximate surface area is 132 Å². The first-order chi connectivity index (χ1) is 10.7. The lowest BCUT2D eigenvalue weighted by Crippen LogP contribution is -2.50. The summed E-state index contributed by atoms with van der Waals surface area (Å²) in [6, 6.07) is -0.181. The second kappa shape index (κ2) is 8.67. The van der Waals surface area contributed by atoms with Gasteiger partial charge in [-0.25, -0.2) is 4.79 Å². The lowest BCUT2D eigenvalue weighted by atomic mass is 10.1. The molecule has 7 heteroatoms. The first kappa shape index (κ1) is 17.5. The average Bonchev–Trinajstić information content (AvgIpc) is 3.07. The van der Waals surface area contributed by atoms with Gasteiger partial charge in [0.1, 0.15) is 6.10 Å². The van der Waals surface area contributed by atoms with Crippen LogP contribution in [-0.2, 0) is 9.47 Å². The van der Waals surface area contributed by atoms with Gasteiger partial charge in [0.05, 0.1) is 25.4 Å². The molecular weight excluding hydrogens is 286 g/mol. The highest BCUT2D eigenvalue weighted by atomic mass is 16.5. The van der Waals surface area contributed by atoms with Crippen LogP contribution in [0.3, 0.4) is 0 Å². The van der Waals surface area contributed by atoms with Crippen molar-refractivity contribution in [3.05, 3.63) is 0 Å². The highest BCUT2D eigenvalue weighted by Crippen LogP contribution is 2.22. The van der Waals surface area contributed by atoms with Gasteiger partial charge in [-0.15, -0.1) is 0 Å². The molecule has 2 rings (SSSR count). The SMILES string of the molecule is CCCNC(=O)NC1COC(CN2CCCC2COC)C1O. The Morgan fingerprint density at radius 2 is 2.32 bits per heavy atom. The number of hydrogen-bond donors (Lipinski definition) is 3. The minimum absolute atomic E-state index is 0.242. The van der Waals surface area contributed by atoms with E-state index in [1.165, 1.54) is 0 Å². The average molecular weight is 315 g/mol. The van der Waals surface area contributed by atoms with E-state index in [-0.39, 0.29) is 18.2 Å². The molecule has 4 atom stereocenters. The summed E-state index contributed by atoms with van der Waals surface area (Å²) in [7, 11) is 1.71. The Morgan fingerprint density at radius 3 is 3.05 bits per heavy atom. The third-order valence-corrected chi connectivity index (χ3v) is 4.41. The first-order valence-electron chi connectivity index (χ1n) is 8.22. The summed E-state index contributed by atoms with van der Waals surface area (Å²) in [6.45, 7) is 5.39. The quantitative estimate of drug-likeness (QED) is 0.613. The minimum atomic E-state index is -0.670. The maximum absolute atomic E-state index is 11.7.